The summed E-state index contributed by atoms with van der Waals surface area (Å²) in [4.78, 5) is 0. The lowest BCUT2D eigenvalue weighted by Crippen LogP contribution is -2.26. The van der Waals surface area contributed by atoms with Crippen molar-refractivity contribution in [3.05, 3.63) is 35.4 Å². The second-order valence-electron chi connectivity index (χ2n) is 5.76. The van der Waals surface area contributed by atoms with Crippen molar-refractivity contribution in [2.75, 3.05) is 13.1 Å². The fourth-order valence-electron chi connectivity index (χ4n) is 2.56. The van der Waals surface area contributed by atoms with E-state index in [0.717, 1.165) is 19.5 Å². The fourth-order valence-corrected chi connectivity index (χ4v) is 2.56. The Kier molecular flexibility index (Phi) is 3.85. The molecule has 0 spiro atoms. The Labute approximate surface area is 104 Å². The smallest absolute Gasteiger partial charge is 0.0631 e. The molecule has 2 rings (SSSR count). The highest BCUT2D eigenvalue weighted by molar-refractivity contribution is 5.26. The van der Waals surface area contributed by atoms with E-state index in [1.165, 1.54) is 24.0 Å². The average Bonchev–Trinajstić information content (AvgIpc) is 2.29. The molecule has 1 aromatic carbocycles. The second kappa shape index (κ2) is 5.19. The third kappa shape index (κ3) is 3.83. The van der Waals surface area contributed by atoms with Gasteiger partial charge in [-0.05, 0) is 56.8 Å². The molecule has 1 aliphatic rings. The van der Waals surface area contributed by atoms with Crippen molar-refractivity contribution in [1.82, 2.24) is 5.32 Å². The van der Waals surface area contributed by atoms with E-state index in [4.69, 9.17) is 0 Å². The highest BCUT2D eigenvalue weighted by Gasteiger charge is 2.16. The van der Waals surface area contributed by atoms with Crippen LogP contribution in [-0.4, -0.2) is 23.8 Å². The van der Waals surface area contributed by atoms with E-state index in [1.54, 1.807) is 0 Å². The Bertz CT molecular complexity index is 344. The van der Waals surface area contributed by atoms with Crippen molar-refractivity contribution in [3.63, 3.8) is 0 Å². The zero-order valence-corrected chi connectivity index (χ0v) is 10.9. The van der Waals surface area contributed by atoms with Crippen LogP contribution in [0.1, 0.15) is 43.7 Å². The van der Waals surface area contributed by atoms with Crippen molar-refractivity contribution in [2.24, 2.45) is 0 Å². The summed E-state index contributed by atoms with van der Waals surface area (Å²) in [5.74, 6) is 0.715. The molecule has 0 aromatic heterocycles. The topological polar surface area (TPSA) is 32.3 Å². The minimum absolute atomic E-state index is 0.615. The Morgan fingerprint density at radius 1 is 1.18 bits per heavy atom. The monoisotopic (exact) mass is 233 g/mol. The number of hydrogen-bond acceptors (Lipinski definition) is 2. The van der Waals surface area contributed by atoms with Gasteiger partial charge < -0.3 is 10.4 Å². The van der Waals surface area contributed by atoms with Crippen molar-refractivity contribution in [1.29, 1.82) is 0 Å². The summed E-state index contributed by atoms with van der Waals surface area (Å²) >= 11 is 0. The Morgan fingerprint density at radius 2 is 1.76 bits per heavy atom. The zero-order chi connectivity index (χ0) is 12.3. The summed E-state index contributed by atoms with van der Waals surface area (Å²) in [6.07, 6.45) is 3.20. The summed E-state index contributed by atoms with van der Waals surface area (Å²) in [6.45, 7) is 5.98. The molecular weight excluding hydrogens is 210 g/mol. The molecule has 94 valence electrons. The van der Waals surface area contributed by atoms with E-state index in [9.17, 15) is 5.11 Å². The standard InChI is InChI=1S/C15H23NO/c1-15(2,17)11-12-3-5-13(6-4-12)14-7-9-16-10-8-14/h3-6,14,16-17H,7-11H2,1-2H3. The van der Waals surface area contributed by atoms with Crippen LogP contribution in [0.5, 0.6) is 0 Å². The van der Waals surface area contributed by atoms with Gasteiger partial charge in [0.25, 0.3) is 0 Å². The molecule has 1 aliphatic heterocycles. The molecule has 2 N–H and O–H groups in total. The number of rotatable bonds is 3. The molecule has 0 aliphatic carbocycles. The number of hydrogen-bond donors (Lipinski definition) is 2. The predicted octanol–water partition coefficient (Wildman–Crippen LogP) is 2.47. The molecule has 1 saturated heterocycles. The summed E-state index contributed by atoms with van der Waals surface area (Å²) in [6, 6.07) is 8.79. The zero-order valence-electron chi connectivity index (χ0n) is 10.9. The molecular formula is C15H23NO. The SMILES string of the molecule is CC(C)(O)Cc1ccc(C2CCNCC2)cc1. The van der Waals surface area contributed by atoms with Crippen molar-refractivity contribution in [2.45, 2.75) is 44.6 Å². The lowest BCUT2D eigenvalue weighted by atomic mass is 9.89. The van der Waals surface area contributed by atoms with E-state index < -0.39 is 5.60 Å². The van der Waals surface area contributed by atoms with Gasteiger partial charge in [-0.1, -0.05) is 24.3 Å². The van der Waals surface area contributed by atoms with Crippen LogP contribution in [0.15, 0.2) is 24.3 Å². The molecule has 1 heterocycles. The molecule has 2 nitrogen and oxygen atoms in total. The summed E-state index contributed by atoms with van der Waals surface area (Å²) in [5, 5.41) is 13.2. The molecule has 0 saturated carbocycles. The van der Waals surface area contributed by atoms with Crippen LogP contribution >= 0.6 is 0 Å². The van der Waals surface area contributed by atoms with E-state index >= 15 is 0 Å². The first-order chi connectivity index (χ1) is 8.04. The molecule has 0 unspecified atom stereocenters. The molecule has 0 radical (unpaired) electrons. The van der Waals surface area contributed by atoms with Gasteiger partial charge in [0, 0.05) is 6.42 Å². The van der Waals surface area contributed by atoms with Gasteiger partial charge in [0.2, 0.25) is 0 Å². The van der Waals surface area contributed by atoms with Crippen LogP contribution < -0.4 is 5.32 Å². The van der Waals surface area contributed by atoms with E-state index in [0.29, 0.717) is 5.92 Å². The van der Waals surface area contributed by atoms with Crippen LogP contribution in [0.25, 0.3) is 0 Å². The van der Waals surface area contributed by atoms with Crippen molar-refractivity contribution < 1.29 is 5.11 Å². The van der Waals surface area contributed by atoms with E-state index in [1.807, 2.05) is 13.8 Å². The maximum Gasteiger partial charge on any atom is 0.0631 e. The van der Waals surface area contributed by atoms with Crippen molar-refractivity contribution in [3.8, 4) is 0 Å². The minimum atomic E-state index is -0.615. The molecule has 1 fully saturated rings. The number of nitrogens with one attached hydrogen (secondary N) is 1. The van der Waals surface area contributed by atoms with Gasteiger partial charge >= 0.3 is 0 Å². The van der Waals surface area contributed by atoms with Crippen LogP contribution in [0.4, 0.5) is 0 Å². The van der Waals surface area contributed by atoms with Crippen molar-refractivity contribution >= 4 is 0 Å². The maximum absolute atomic E-state index is 9.78. The summed E-state index contributed by atoms with van der Waals surface area (Å²) in [5.41, 5.74) is 2.05. The van der Waals surface area contributed by atoms with Gasteiger partial charge in [-0.25, -0.2) is 0 Å². The molecule has 17 heavy (non-hydrogen) atoms. The minimum Gasteiger partial charge on any atom is -0.390 e. The van der Waals surface area contributed by atoms with Crippen LogP contribution in [0.3, 0.4) is 0 Å². The van der Waals surface area contributed by atoms with Crippen LogP contribution in [-0.2, 0) is 6.42 Å². The first kappa shape index (κ1) is 12.6. The number of piperidine rings is 1. The number of benzene rings is 1. The Balaban J connectivity index is 2.02. The van der Waals surface area contributed by atoms with Crippen LogP contribution in [0, 0.1) is 0 Å². The van der Waals surface area contributed by atoms with Gasteiger partial charge in [0.1, 0.15) is 0 Å². The average molecular weight is 233 g/mol. The summed E-state index contributed by atoms with van der Waals surface area (Å²) in [7, 11) is 0. The van der Waals surface area contributed by atoms with E-state index in [2.05, 4.69) is 29.6 Å². The van der Waals surface area contributed by atoms with Gasteiger partial charge in [0.05, 0.1) is 5.60 Å². The number of aliphatic hydroxyl groups is 1. The molecule has 1 aromatic rings. The first-order valence-corrected chi connectivity index (χ1v) is 6.56. The Morgan fingerprint density at radius 3 is 2.29 bits per heavy atom. The third-order valence-corrected chi connectivity index (χ3v) is 3.43. The van der Waals surface area contributed by atoms with E-state index in [-0.39, 0.29) is 0 Å². The predicted molar refractivity (Wildman–Crippen MR) is 71.3 cm³/mol. The van der Waals surface area contributed by atoms with Gasteiger partial charge in [-0.3, -0.25) is 0 Å². The molecule has 0 atom stereocenters. The van der Waals surface area contributed by atoms with Crippen LogP contribution in [0.2, 0.25) is 0 Å². The quantitative estimate of drug-likeness (QED) is 0.840. The fraction of sp³-hybridized carbons (Fsp3) is 0.600. The lowest BCUT2D eigenvalue weighted by Gasteiger charge is -2.23. The maximum atomic E-state index is 9.78. The van der Waals surface area contributed by atoms with Gasteiger partial charge in [-0.15, -0.1) is 0 Å². The largest absolute Gasteiger partial charge is 0.390 e. The summed E-state index contributed by atoms with van der Waals surface area (Å²) < 4.78 is 0. The second-order valence-corrected chi connectivity index (χ2v) is 5.76. The molecule has 2 heteroatoms. The lowest BCUT2D eigenvalue weighted by molar-refractivity contribution is 0.0810. The van der Waals surface area contributed by atoms with Gasteiger partial charge in [0.15, 0.2) is 0 Å². The third-order valence-electron chi connectivity index (χ3n) is 3.43. The molecule has 0 bridgehead atoms. The highest BCUT2D eigenvalue weighted by Crippen LogP contribution is 2.25. The first-order valence-electron chi connectivity index (χ1n) is 6.56. The highest BCUT2D eigenvalue weighted by atomic mass is 16.3. The normalized spacial score (nSPS) is 18.3. The molecule has 0 amide bonds. The van der Waals surface area contributed by atoms with Gasteiger partial charge in [-0.2, -0.15) is 0 Å². The Hall–Kier alpha value is -0.860.